The predicted molar refractivity (Wildman–Crippen MR) is 59.5 cm³/mol. The van der Waals surface area contributed by atoms with E-state index in [0.29, 0.717) is 6.42 Å². The lowest BCUT2D eigenvalue weighted by Crippen LogP contribution is -1.98. The summed E-state index contributed by atoms with van der Waals surface area (Å²) < 4.78 is 4.54. The van der Waals surface area contributed by atoms with Crippen molar-refractivity contribution in [3.8, 4) is 0 Å². The number of aldehydes is 1. The molecule has 0 spiro atoms. The third-order valence-electron chi connectivity index (χ3n) is 2.19. The Hall–Kier alpha value is -1.12. The molecule has 0 heterocycles. The van der Waals surface area contributed by atoms with Gasteiger partial charge in [-0.2, -0.15) is 0 Å². The lowest BCUT2D eigenvalue weighted by atomic mass is 10.1. The summed E-state index contributed by atoms with van der Waals surface area (Å²) in [6.45, 7) is 0. The molecule has 0 fully saturated rings. The Morgan fingerprint density at radius 2 is 1.80 bits per heavy atom. The summed E-state index contributed by atoms with van der Waals surface area (Å²) in [5.41, 5.74) is 0. The van der Waals surface area contributed by atoms with E-state index in [1.54, 1.807) is 0 Å². The quantitative estimate of drug-likeness (QED) is 0.255. The number of allylic oxidation sites excluding steroid dienone is 2. The molecule has 0 N–H and O–H groups in total. The van der Waals surface area contributed by atoms with Gasteiger partial charge in [-0.15, -0.1) is 0 Å². The van der Waals surface area contributed by atoms with E-state index in [-0.39, 0.29) is 5.97 Å². The van der Waals surface area contributed by atoms with Gasteiger partial charge >= 0.3 is 5.97 Å². The first kappa shape index (κ1) is 13.9. The summed E-state index contributed by atoms with van der Waals surface area (Å²) in [6, 6.07) is 0. The minimum Gasteiger partial charge on any atom is -0.469 e. The van der Waals surface area contributed by atoms with Gasteiger partial charge in [0.05, 0.1) is 7.11 Å². The molecule has 0 bridgehead atoms. The van der Waals surface area contributed by atoms with Crippen LogP contribution >= 0.6 is 0 Å². The van der Waals surface area contributed by atoms with E-state index in [9.17, 15) is 9.59 Å². The standard InChI is InChI=1S/C12H20O3/c1-15-12(14)10-8-6-4-2-3-5-7-9-11-13/h7,9,11H,2-6,8,10H2,1H3/b9-7-. The van der Waals surface area contributed by atoms with E-state index >= 15 is 0 Å². The number of hydrogen-bond donors (Lipinski definition) is 0. The molecule has 0 saturated carbocycles. The third-order valence-corrected chi connectivity index (χ3v) is 2.19. The number of esters is 1. The molecule has 15 heavy (non-hydrogen) atoms. The van der Waals surface area contributed by atoms with Gasteiger partial charge in [-0.25, -0.2) is 0 Å². The molecule has 0 unspecified atom stereocenters. The fourth-order valence-electron chi connectivity index (χ4n) is 1.32. The van der Waals surface area contributed by atoms with E-state index in [1.165, 1.54) is 13.2 Å². The summed E-state index contributed by atoms with van der Waals surface area (Å²) in [6.07, 6.45) is 11.1. The Labute approximate surface area is 91.5 Å². The minimum atomic E-state index is -0.121. The first-order valence-corrected chi connectivity index (χ1v) is 5.48. The molecule has 86 valence electrons. The Morgan fingerprint density at radius 3 is 2.47 bits per heavy atom. The number of hydrogen-bond acceptors (Lipinski definition) is 3. The van der Waals surface area contributed by atoms with Crippen LogP contribution in [0.3, 0.4) is 0 Å². The second-order valence-electron chi connectivity index (χ2n) is 3.45. The second kappa shape index (κ2) is 11.0. The summed E-state index contributed by atoms with van der Waals surface area (Å²) in [5, 5.41) is 0. The molecule has 0 aliphatic heterocycles. The number of rotatable bonds is 9. The fourth-order valence-corrected chi connectivity index (χ4v) is 1.32. The van der Waals surface area contributed by atoms with Crippen LogP contribution < -0.4 is 0 Å². The van der Waals surface area contributed by atoms with Crippen molar-refractivity contribution in [2.24, 2.45) is 0 Å². The van der Waals surface area contributed by atoms with Crippen LogP contribution in [0.2, 0.25) is 0 Å². The lowest BCUT2D eigenvalue weighted by Gasteiger charge is -1.99. The van der Waals surface area contributed by atoms with Crippen molar-refractivity contribution in [1.82, 2.24) is 0 Å². The highest BCUT2D eigenvalue weighted by molar-refractivity contribution is 5.68. The van der Waals surface area contributed by atoms with Crippen molar-refractivity contribution in [2.75, 3.05) is 7.11 Å². The zero-order valence-electron chi connectivity index (χ0n) is 9.41. The van der Waals surface area contributed by atoms with Gasteiger partial charge in [0, 0.05) is 6.42 Å². The molecule has 0 rings (SSSR count). The average Bonchev–Trinajstić information content (AvgIpc) is 2.26. The molecule has 0 aromatic rings. The molecule has 0 radical (unpaired) electrons. The summed E-state index contributed by atoms with van der Waals surface area (Å²) in [4.78, 5) is 20.7. The average molecular weight is 212 g/mol. The van der Waals surface area contributed by atoms with Gasteiger partial charge in [0.15, 0.2) is 0 Å². The van der Waals surface area contributed by atoms with Crippen LogP contribution in [-0.4, -0.2) is 19.4 Å². The highest BCUT2D eigenvalue weighted by Crippen LogP contribution is 2.07. The smallest absolute Gasteiger partial charge is 0.305 e. The van der Waals surface area contributed by atoms with E-state index < -0.39 is 0 Å². The van der Waals surface area contributed by atoms with Crippen molar-refractivity contribution in [2.45, 2.75) is 44.9 Å². The zero-order valence-corrected chi connectivity index (χ0v) is 9.41. The SMILES string of the molecule is COC(=O)CCCCCCC/C=C\C=O. The molecular weight excluding hydrogens is 192 g/mol. The van der Waals surface area contributed by atoms with Gasteiger partial charge in [-0.05, 0) is 25.3 Å². The fraction of sp³-hybridized carbons (Fsp3) is 0.667. The van der Waals surface area contributed by atoms with Gasteiger partial charge in [-0.3, -0.25) is 9.59 Å². The van der Waals surface area contributed by atoms with Crippen LogP contribution in [0.15, 0.2) is 12.2 Å². The van der Waals surface area contributed by atoms with E-state index in [2.05, 4.69) is 4.74 Å². The van der Waals surface area contributed by atoms with Crippen LogP contribution in [-0.2, 0) is 14.3 Å². The lowest BCUT2D eigenvalue weighted by molar-refractivity contribution is -0.140. The third kappa shape index (κ3) is 10.8. The maximum atomic E-state index is 10.8. The van der Waals surface area contributed by atoms with Gasteiger partial charge < -0.3 is 4.74 Å². The Bertz CT molecular complexity index is 197. The maximum absolute atomic E-state index is 10.8. The van der Waals surface area contributed by atoms with Gasteiger partial charge in [0.1, 0.15) is 6.29 Å². The molecule has 0 aliphatic carbocycles. The second-order valence-corrected chi connectivity index (χ2v) is 3.45. The van der Waals surface area contributed by atoms with Gasteiger partial charge in [0.25, 0.3) is 0 Å². The number of carbonyl (C=O) groups is 2. The van der Waals surface area contributed by atoms with Gasteiger partial charge in [-0.1, -0.05) is 25.3 Å². The molecule has 0 aliphatic rings. The van der Waals surface area contributed by atoms with Crippen LogP contribution in [0.5, 0.6) is 0 Å². The number of carbonyl (C=O) groups excluding carboxylic acids is 2. The Morgan fingerprint density at radius 1 is 1.13 bits per heavy atom. The minimum absolute atomic E-state index is 0.121. The molecule has 0 aromatic carbocycles. The van der Waals surface area contributed by atoms with E-state index in [1.807, 2.05) is 6.08 Å². The summed E-state index contributed by atoms with van der Waals surface area (Å²) in [7, 11) is 1.42. The molecule has 0 saturated heterocycles. The number of unbranched alkanes of at least 4 members (excludes halogenated alkanes) is 5. The summed E-state index contributed by atoms with van der Waals surface area (Å²) in [5.74, 6) is -0.121. The van der Waals surface area contributed by atoms with Crippen molar-refractivity contribution < 1.29 is 14.3 Å². The number of ether oxygens (including phenoxy) is 1. The molecule has 3 nitrogen and oxygen atoms in total. The van der Waals surface area contributed by atoms with Crippen molar-refractivity contribution in [3.05, 3.63) is 12.2 Å². The van der Waals surface area contributed by atoms with Crippen molar-refractivity contribution in [3.63, 3.8) is 0 Å². The van der Waals surface area contributed by atoms with Crippen molar-refractivity contribution >= 4 is 12.3 Å². The summed E-state index contributed by atoms with van der Waals surface area (Å²) >= 11 is 0. The van der Waals surface area contributed by atoms with Crippen LogP contribution in [0.25, 0.3) is 0 Å². The highest BCUT2D eigenvalue weighted by Gasteiger charge is 1.98. The van der Waals surface area contributed by atoms with Crippen molar-refractivity contribution in [1.29, 1.82) is 0 Å². The molecule has 3 heteroatoms. The highest BCUT2D eigenvalue weighted by atomic mass is 16.5. The van der Waals surface area contributed by atoms with Crippen LogP contribution in [0, 0.1) is 0 Å². The first-order chi connectivity index (χ1) is 7.31. The number of methoxy groups -OCH3 is 1. The van der Waals surface area contributed by atoms with Gasteiger partial charge in [0.2, 0.25) is 0 Å². The molecule has 0 aromatic heterocycles. The zero-order chi connectivity index (χ0) is 11.4. The monoisotopic (exact) mass is 212 g/mol. The maximum Gasteiger partial charge on any atom is 0.305 e. The van der Waals surface area contributed by atoms with E-state index in [4.69, 9.17) is 0 Å². The molecule has 0 amide bonds. The normalized spacial score (nSPS) is 10.5. The topological polar surface area (TPSA) is 43.4 Å². The van der Waals surface area contributed by atoms with Crippen LogP contribution in [0.4, 0.5) is 0 Å². The van der Waals surface area contributed by atoms with E-state index in [0.717, 1.165) is 44.8 Å². The predicted octanol–water partition coefficient (Wildman–Crippen LogP) is 2.65. The Kier molecular flexibility index (Phi) is 10.1. The first-order valence-electron chi connectivity index (χ1n) is 5.48. The largest absolute Gasteiger partial charge is 0.469 e. The molecule has 0 atom stereocenters. The molecular formula is C12H20O3. The van der Waals surface area contributed by atoms with Crippen LogP contribution in [0.1, 0.15) is 44.9 Å². The Balaban J connectivity index is 3.08.